The van der Waals surface area contributed by atoms with Crippen LogP contribution in [0.4, 0.5) is 0 Å². The normalized spacial score (nSPS) is 15.9. The maximum atomic E-state index is 12.2. The molecule has 0 radical (unpaired) electrons. The van der Waals surface area contributed by atoms with E-state index in [-0.39, 0.29) is 11.8 Å². The Kier molecular flexibility index (Phi) is 6.83. The van der Waals surface area contributed by atoms with Crippen molar-refractivity contribution in [3.05, 3.63) is 42.2 Å². The third-order valence-corrected chi connectivity index (χ3v) is 5.05. The second kappa shape index (κ2) is 9.53. The zero-order chi connectivity index (χ0) is 18.2. The summed E-state index contributed by atoms with van der Waals surface area (Å²) in [5.41, 5.74) is 1.95. The fourth-order valence-electron chi connectivity index (χ4n) is 3.44. The van der Waals surface area contributed by atoms with Gasteiger partial charge in [-0.1, -0.05) is 55.3 Å². The third kappa shape index (κ3) is 5.18. The molecule has 1 aromatic carbocycles. The number of benzene rings is 1. The first-order chi connectivity index (χ1) is 12.8. The Morgan fingerprint density at radius 3 is 2.73 bits per heavy atom. The number of likely N-dealkylation sites (tertiary alicyclic amines) is 1. The van der Waals surface area contributed by atoms with Gasteiger partial charge < -0.3 is 9.84 Å². The number of hydrogen-bond donors (Lipinski definition) is 1. The maximum Gasteiger partial charge on any atom is 0.223 e. The highest BCUT2D eigenvalue weighted by Gasteiger charge is 2.25. The van der Waals surface area contributed by atoms with Crippen molar-refractivity contribution in [2.75, 3.05) is 19.6 Å². The van der Waals surface area contributed by atoms with E-state index < -0.39 is 0 Å². The van der Waals surface area contributed by atoms with Crippen LogP contribution in [0.2, 0.25) is 0 Å². The van der Waals surface area contributed by atoms with E-state index in [1.807, 2.05) is 36.4 Å². The highest BCUT2D eigenvalue weighted by Crippen LogP contribution is 2.22. The van der Waals surface area contributed by atoms with Crippen LogP contribution in [0.1, 0.15) is 44.8 Å². The van der Waals surface area contributed by atoms with Gasteiger partial charge in [0.2, 0.25) is 5.91 Å². The van der Waals surface area contributed by atoms with Gasteiger partial charge in [0, 0.05) is 24.1 Å². The number of unbranched alkanes of at least 4 members (excludes halogenated alkanes) is 2. The minimum absolute atomic E-state index is 0.155. The van der Waals surface area contributed by atoms with E-state index in [0.29, 0.717) is 0 Å². The first-order valence-electron chi connectivity index (χ1n) is 9.77. The van der Waals surface area contributed by atoms with Crippen molar-refractivity contribution in [3.8, 4) is 11.3 Å². The molecule has 3 rings (SSSR count). The summed E-state index contributed by atoms with van der Waals surface area (Å²) in [5.74, 6) is 1.26. The summed E-state index contributed by atoms with van der Waals surface area (Å²) in [6.07, 6.45) is 5.28. The molecule has 0 spiro atoms. The van der Waals surface area contributed by atoms with Crippen molar-refractivity contribution in [3.63, 3.8) is 0 Å². The molecule has 1 N–H and O–H groups in total. The van der Waals surface area contributed by atoms with E-state index in [9.17, 15) is 4.79 Å². The van der Waals surface area contributed by atoms with Crippen LogP contribution in [0, 0.1) is 5.92 Å². The number of aromatic nitrogens is 1. The van der Waals surface area contributed by atoms with Crippen molar-refractivity contribution < 1.29 is 9.32 Å². The summed E-state index contributed by atoms with van der Waals surface area (Å²) in [5, 5.41) is 7.27. The molecule has 0 aliphatic carbocycles. The summed E-state index contributed by atoms with van der Waals surface area (Å²) in [7, 11) is 0. The van der Waals surface area contributed by atoms with Crippen molar-refractivity contribution in [2.24, 2.45) is 5.92 Å². The second-order valence-corrected chi connectivity index (χ2v) is 7.09. The molecule has 0 atom stereocenters. The highest BCUT2D eigenvalue weighted by molar-refractivity contribution is 5.78. The summed E-state index contributed by atoms with van der Waals surface area (Å²) >= 11 is 0. The molecule has 0 saturated carbocycles. The first-order valence-corrected chi connectivity index (χ1v) is 9.77. The van der Waals surface area contributed by atoms with Gasteiger partial charge in [-0.15, -0.1) is 0 Å². The van der Waals surface area contributed by atoms with E-state index in [0.717, 1.165) is 62.5 Å². The van der Waals surface area contributed by atoms with E-state index in [2.05, 4.69) is 22.3 Å². The van der Waals surface area contributed by atoms with Gasteiger partial charge >= 0.3 is 0 Å². The van der Waals surface area contributed by atoms with Gasteiger partial charge in [0.15, 0.2) is 5.76 Å². The molecule has 1 aromatic heterocycles. The van der Waals surface area contributed by atoms with Gasteiger partial charge in [0.25, 0.3) is 0 Å². The van der Waals surface area contributed by atoms with E-state index in [4.69, 9.17) is 4.52 Å². The number of piperidine rings is 1. The van der Waals surface area contributed by atoms with Gasteiger partial charge in [-0.05, 0) is 32.4 Å². The molecule has 1 aliphatic heterocycles. The van der Waals surface area contributed by atoms with Crippen LogP contribution in [0.3, 0.4) is 0 Å². The Labute approximate surface area is 155 Å². The molecule has 2 aromatic rings. The number of carbonyl (C=O) groups excluding carboxylic acids is 1. The molecule has 0 unspecified atom stereocenters. The van der Waals surface area contributed by atoms with E-state index in [1.54, 1.807) is 0 Å². The lowest BCUT2D eigenvalue weighted by atomic mass is 9.95. The monoisotopic (exact) mass is 355 g/mol. The average Bonchev–Trinajstić information content (AvgIpc) is 3.15. The van der Waals surface area contributed by atoms with Crippen LogP contribution in [0.25, 0.3) is 11.3 Å². The standard InChI is InChI=1S/C21H29N3O2/c1-2-3-7-12-22-21(25)18-10-13-24(14-11-18)16-19-15-20(23-26-19)17-8-5-4-6-9-17/h4-6,8-9,15,18H,2-3,7,10-14,16H2,1H3,(H,22,25). The topological polar surface area (TPSA) is 58.4 Å². The van der Waals surface area contributed by atoms with Crippen LogP contribution >= 0.6 is 0 Å². The average molecular weight is 355 g/mol. The highest BCUT2D eigenvalue weighted by atomic mass is 16.5. The first kappa shape index (κ1) is 18.6. The number of carbonyl (C=O) groups is 1. The summed E-state index contributed by atoms with van der Waals surface area (Å²) in [6.45, 7) is 5.59. The molecule has 5 heteroatoms. The zero-order valence-corrected chi connectivity index (χ0v) is 15.6. The van der Waals surface area contributed by atoms with E-state index >= 15 is 0 Å². The lowest BCUT2D eigenvalue weighted by Gasteiger charge is -2.30. The van der Waals surface area contributed by atoms with Crippen LogP contribution in [-0.2, 0) is 11.3 Å². The van der Waals surface area contributed by atoms with Crippen LogP contribution in [0.15, 0.2) is 40.9 Å². The predicted octanol–water partition coefficient (Wildman–Crippen LogP) is 3.86. The molecule has 1 fully saturated rings. The van der Waals surface area contributed by atoms with Gasteiger partial charge in [0.05, 0.1) is 6.54 Å². The van der Waals surface area contributed by atoms with Gasteiger partial charge in [-0.2, -0.15) is 0 Å². The second-order valence-electron chi connectivity index (χ2n) is 7.09. The summed E-state index contributed by atoms with van der Waals surface area (Å²) < 4.78 is 5.50. The fourth-order valence-corrected chi connectivity index (χ4v) is 3.44. The fraction of sp³-hybridized carbons (Fsp3) is 0.524. The molecule has 26 heavy (non-hydrogen) atoms. The van der Waals surface area contributed by atoms with Crippen molar-refractivity contribution in [2.45, 2.75) is 45.6 Å². The van der Waals surface area contributed by atoms with Gasteiger partial charge in [-0.3, -0.25) is 9.69 Å². The quantitative estimate of drug-likeness (QED) is 0.731. The zero-order valence-electron chi connectivity index (χ0n) is 15.6. The van der Waals surface area contributed by atoms with Crippen molar-refractivity contribution in [1.29, 1.82) is 0 Å². The molecule has 1 aliphatic rings. The molecule has 1 saturated heterocycles. The van der Waals surface area contributed by atoms with Crippen LogP contribution < -0.4 is 5.32 Å². The lowest BCUT2D eigenvalue weighted by Crippen LogP contribution is -2.40. The summed E-state index contributed by atoms with van der Waals surface area (Å²) in [4.78, 5) is 14.6. The maximum absolute atomic E-state index is 12.2. The predicted molar refractivity (Wildman–Crippen MR) is 102 cm³/mol. The van der Waals surface area contributed by atoms with Crippen LogP contribution in [0.5, 0.6) is 0 Å². The number of nitrogens with one attached hydrogen (secondary N) is 1. The van der Waals surface area contributed by atoms with Gasteiger partial charge in [-0.25, -0.2) is 0 Å². The smallest absolute Gasteiger partial charge is 0.223 e. The Morgan fingerprint density at radius 1 is 1.23 bits per heavy atom. The number of rotatable bonds is 8. The van der Waals surface area contributed by atoms with E-state index in [1.165, 1.54) is 12.8 Å². The number of hydrogen-bond acceptors (Lipinski definition) is 4. The SMILES string of the molecule is CCCCCNC(=O)C1CCN(Cc2cc(-c3ccccc3)no2)CC1. The number of amides is 1. The minimum Gasteiger partial charge on any atom is -0.359 e. The molecular formula is C21H29N3O2. The van der Waals surface area contributed by atoms with Crippen molar-refractivity contribution >= 4 is 5.91 Å². The summed E-state index contributed by atoms with van der Waals surface area (Å²) in [6, 6.07) is 12.1. The lowest BCUT2D eigenvalue weighted by molar-refractivity contribution is -0.126. The molecule has 140 valence electrons. The number of nitrogens with zero attached hydrogens (tertiary/aromatic N) is 2. The Morgan fingerprint density at radius 2 is 2.00 bits per heavy atom. The van der Waals surface area contributed by atoms with Gasteiger partial charge in [0.1, 0.15) is 5.69 Å². The molecule has 1 amide bonds. The molecule has 5 nitrogen and oxygen atoms in total. The molecular weight excluding hydrogens is 326 g/mol. The van der Waals surface area contributed by atoms with Crippen molar-refractivity contribution in [1.82, 2.24) is 15.4 Å². The Bertz CT molecular complexity index is 676. The Balaban J connectivity index is 1.43. The third-order valence-electron chi connectivity index (χ3n) is 5.05. The molecule has 0 bridgehead atoms. The largest absolute Gasteiger partial charge is 0.359 e. The minimum atomic E-state index is 0.155. The van der Waals surface area contributed by atoms with Crippen LogP contribution in [-0.4, -0.2) is 35.6 Å². The Hall–Kier alpha value is -2.14. The molecule has 2 heterocycles.